The maximum absolute atomic E-state index is 12.8. The third kappa shape index (κ3) is 3.83. The van der Waals surface area contributed by atoms with Gasteiger partial charge in [0, 0.05) is 29.2 Å². The van der Waals surface area contributed by atoms with E-state index >= 15 is 0 Å². The number of thiazole rings is 1. The van der Waals surface area contributed by atoms with Crippen LogP contribution in [0.1, 0.15) is 33.9 Å². The molecule has 0 fully saturated rings. The molecule has 0 saturated carbocycles. The highest BCUT2D eigenvalue weighted by Gasteiger charge is 2.13. The number of pyridine rings is 1. The van der Waals surface area contributed by atoms with Crippen LogP contribution in [0.25, 0.3) is 21.7 Å². The standard InChI is InChI=1S/C22H21N3OS/c1-15-14-27-20(25-15)10-4-5-11-24-22(26)19-13-16-7-2-3-8-17(16)18-9-6-12-23-21(18)19/h2-3,6-9,12-14H,4-5,10-11H2,1H3,(H,24,26). The van der Waals surface area contributed by atoms with Gasteiger partial charge in [-0.1, -0.05) is 30.3 Å². The maximum atomic E-state index is 12.8. The molecule has 0 atom stereocenters. The number of carbonyl (C=O) groups is 1. The van der Waals surface area contributed by atoms with Crippen LogP contribution in [0, 0.1) is 6.92 Å². The van der Waals surface area contributed by atoms with Crippen LogP contribution in [0.2, 0.25) is 0 Å². The van der Waals surface area contributed by atoms with Crippen molar-refractivity contribution in [1.29, 1.82) is 0 Å². The smallest absolute Gasteiger partial charge is 0.253 e. The molecule has 4 nitrogen and oxygen atoms in total. The van der Waals surface area contributed by atoms with E-state index in [-0.39, 0.29) is 5.91 Å². The van der Waals surface area contributed by atoms with Crippen molar-refractivity contribution in [2.24, 2.45) is 0 Å². The van der Waals surface area contributed by atoms with Crippen molar-refractivity contribution in [2.45, 2.75) is 26.2 Å². The number of nitrogens with one attached hydrogen (secondary N) is 1. The Morgan fingerprint density at radius 2 is 1.96 bits per heavy atom. The molecular formula is C22H21N3OS. The third-order valence-electron chi connectivity index (χ3n) is 4.63. The summed E-state index contributed by atoms with van der Waals surface area (Å²) in [5, 5.41) is 9.49. The molecule has 1 amide bonds. The molecule has 136 valence electrons. The van der Waals surface area contributed by atoms with E-state index < -0.39 is 0 Å². The number of aryl methyl sites for hydroxylation is 2. The van der Waals surface area contributed by atoms with Crippen molar-refractivity contribution in [1.82, 2.24) is 15.3 Å². The van der Waals surface area contributed by atoms with Gasteiger partial charge in [-0.2, -0.15) is 0 Å². The van der Waals surface area contributed by atoms with Gasteiger partial charge in [0.05, 0.1) is 16.1 Å². The highest BCUT2D eigenvalue weighted by molar-refractivity contribution is 7.09. The fourth-order valence-corrected chi connectivity index (χ4v) is 4.14. The Labute approximate surface area is 162 Å². The molecule has 0 unspecified atom stereocenters. The summed E-state index contributed by atoms with van der Waals surface area (Å²) < 4.78 is 0. The number of nitrogens with zero attached hydrogens (tertiary/aromatic N) is 2. The number of hydrogen-bond donors (Lipinski definition) is 1. The van der Waals surface area contributed by atoms with Gasteiger partial charge in [-0.25, -0.2) is 4.98 Å². The lowest BCUT2D eigenvalue weighted by Gasteiger charge is -2.10. The zero-order valence-electron chi connectivity index (χ0n) is 15.2. The monoisotopic (exact) mass is 375 g/mol. The summed E-state index contributed by atoms with van der Waals surface area (Å²) >= 11 is 1.71. The second-order valence-electron chi connectivity index (χ2n) is 6.64. The molecule has 5 heteroatoms. The summed E-state index contributed by atoms with van der Waals surface area (Å²) in [6.45, 7) is 2.67. The van der Waals surface area contributed by atoms with Crippen molar-refractivity contribution in [3.05, 3.63) is 70.3 Å². The van der Waals surface area contributed by atoms with Crippen molar-refractivity contribution in [3.63, 3.8) is 0 Å². The zero-order valence-corrected chi connectivity index (χ0v) is 16.1. The first-order chi connectivity index (χ1) is 13.2. The Kier molecular flexibility index (Phi) is 5.12. The van der Waals surface area contributed by atoms with Crippen LogP contribution in [0.4, 0.5) is 0 Å². The molecule has 2 aromatic carbocycles. The Morgan fingerprint density at radius 1 is 1.11 bits per heavy atom. The van der Waals surface area contributed by atoms with Gasteiger partial charge in [-0.05, 0) is 49.1 Å². The van der Waals surface area contributed by atoms with E-state index in [9.17, 15) is 4.79 Å². The largest absolute Gasteiger partial charge is 0.352 e. The summed E-state index contributed by atoms with van der Waals surface area (Å²) in [6, 6.07) is 14.0. The van der Waals surface area contributed by atoms with Crippen LogP contribution in [0.15, 0.2) is 54.0 Å². The number of fused-ring (bicyclic) bond motifs is 3. The van der Waals surface area contributed by atoms with E-state index in [2.05, 4.69) is 26.7 Å². The Morgan fingerprint density at radius 3 is 2.81 bits per heavy atom. The van der Waals surface area contributed by atoms with Crippen LogP contribution in [-0.4, -0.2) is 22.4 Å². The van der Waals surface area contributed by atoms with E-state index in [1.165, 1.54) is 5.01 Å². The quantitative estimate of drug-likeness (QED) is 0.385. The first kappa shape index (κ1) is 17.6. The number of aromatic nitrogens is 2. The number of hydrogen-bond acceptors (Lipinski definition) is 4. The van der Waals surface area contributed by atoms with Crippen LogP contribution in [0.3, 0.4) is 0 Å². The number of benzene rings is 2. The molecule has 27 heavy (non-hydrogen) atoms. The molecule has 4 aromatic rings. The topological polar surface area (TPSA) is 54.9 Å². The predicted octanol–water partition coefficient (Wildman–Crippen LogP) is 4.91. The lowest BCUT2D eigenvalue weighted by Crippen LogP contribution is -2.25. The van der Waals surface area contributed by atoms with Gasteiger partial charge in [0.15, 0.2) is 0 Å². The van der Waals surface area contributed by atoms with Crippen molar-refractivity contribution >= 4 is 38.9 Å². The minimum Gasteiger partial charge on any atom is -0.352 e. The SMILES string of the molecule is Cc1csc(CCCCNC(=O)c2cc3ccccc3c3cccnc23)n1. The van der Waals surface area contributed by atoms with Crippen LogP contribution >= 0.6 is 11.3 Å². The van der Waals surface area contributed by atoms with Crippen molar-refractivity contribution in [2.75, 3.05) is 6.54 Å². The molecule has 2 aromatic heterocycles. The second kappa shape index (κ2) is 7.84. The number of carbonyl (C=O) groups excluding carboxylic acids is 1. The molecule has 0 radical (unpaired) electrons. The predicted molar refractivity (Wildman–Crippen MR) is 111 cm³/mol. The van der Waals surface area contributed by atoms with E-state index in [0.29, 0.717) is 12.1 Å². The lowest BCUT2D eigenvalue weighted by atomic mass is 10.0. The van der Waals surface area contributed by atoms with E-state index in [0.717, 1.165) is 46.6 Å². The summed E-state index contributed by atoms with van der Waals surface area (Å²) in [6.07, 6.45) is 4.66. The highest BCUT2D eigenvalue weighted by atomic mass is 32.1. The molecule has 2 heterocycles. The Balaban J connectivity index is 1.45. The number of rotatable bonds is 6. The average Bonchev–Trinajstić information content (AvgIpc) is 3.12. The van der Waals surface area contributed by atoms with Crippen LogP contribution in [-0.2, 0) is 6.42 Å². The first-order valence-corrected chi connectivity index (χ1v) is 10.1. The van der Waals surface area contributed by atoms with E-state index in [4.69, 9.17) is 0 Å². The molecule has 1 N–H and O–H groups in total. The summed E-state index contributed by atoms with van der Waals surface area (Å²) in [4.78, 5) is 21.7. The van der Waals surface area contributed by atoms with Gasteiger partial charge in [-0.15, -0.1) is 11.3 Å². The maximum Gasteiger partial charge on any atom is 0.253 e. The summed E-state index contributed by atoms with van der Waals surface area (Å²) in [5.74, 6) is -0.0606. The third-order valence-corrected chi connectivity index (χ3v) is 5.65. The fourth-order valence-electron chi connectivity index (χ4n) is 3.32. The molecule has 4 rings (SSSR count). The van der Waals surface area contributed by atoms with Gasteiger partial charge in [0.2, 0.25) is 0 Å². The van der Waals surface area contributed by atoms with Crippen molar-refractivity contribution in [3.8, 4) is 0 Å². The van der Waals surface area contributed by atoms with Gasteiger partial charge in [0.1, 0.15) is 0 Å². The molecule has 0 spiro atoms. The van der Waals surface area contributed by atoms with Crippen LogP contribution < -0.4 is 5.32 Å². The Bertz CT molecular complexity index is 1100. The second-order valence-corrected chi connectivity index (χ2v) is 7.58. The van der Waals surface area contributed by atoms with Gasteiger partial charge >= 0.3 is 0 Å². The lowest BCUT2D eigenvalue weighted by molar-refractivity contribution is 0.0954. The van der Waals surface area contributed by atoms with Gasteiger partial charge < -0.3 is 5.32 Å². The molecule has 0 saturated heterocycles. The first-order valence-electron chi connectivity index (χ1n) is 9.18. The van der Waals surface area contributed by atoms with Crippen LogP contribution in [0.5, 0.6) is 0 Å². The molecule has 0 aliphatic rings. The van der Waals surface area contributed by atoms with Crippen molar-refractivity contribution < 1.29 is 4.79 Å². The molecule has 0 aliphatic heterocycles. The Hall–Kier alpha value is -2.79. The minimum atomic E-state index is -0.0606. The number of amides is 1. The highest BCUT2D eigenvalue weighted by Crippen LogP contribution is 2.27. The van der Waals surface area contributed by atoms with E-state index in [1.54, 1.807) is 17.5 Å². The zero-order chi connectivity index (χ0) is 18.6. The van der Waals surface area contributed by atoms with E-state index in [1.807, 2.05) is 43.3 Å². The normalized spacial score (nSPS) is 11.1. The van der Waals surface area contributed by atoms with Gasteiger partial charge in [0.25, 0.3) is 5.91 Å². The molecule has 0 bridgehead atoms. The minimum absolute atomic E-state index is 0.0606. The fraction of sp³-hybridized carbons (Fsp3) is 0.227. The summed E-state index contributed by atoms with van der Waals surface area (Å²) in [5.41, 5.74) is 2.48. The average molecular weight is 375 g/mol. The molecular weight excluding hydrogens is 354 g/mol. The molecule has 0 aliphatic carbocycles. The summed E-state index contributed by atoms with van der Waals surface area (Å²) in [7, 11) is 0. The van der Waals surface area contributed by atoms with Gasteiger partial charge in [-0.3, -0.25) is 9.78 Å². The number of unbranched alkanes of at least 4 members (excludes halogenated alkanes) is 1.